The number of benzene rings is 1. The minimum absolute atomic E-state index is 0.184. The molecule has 0 atom stereocenters. The summed E-state index contributed by atoms with van der Waals surface area (Å²) in [5.74, 6) is 3.82. The van der Waals surface area contributed by atoms with Crippen molar-refractivity contribution in [3.05, 3.63) is 35.1 Å². The Balaban J connectivity index is 3.08. The number of rotatable bonds is 2. The molecule has 0 aliphatic carbocycles. The third kappa shape index (κ3) is 3.41. The topological polar surface area (TPSA) is 63.3 Å². The molecule has 0 saturated carbocycles. The Bertz CT molecular complexity index is 432. The van der Waals surface area contributed by atoms with Crippen molar-refractivity contribution >= 4 is 5.97 Å². The molecule has 0 radical (unpaired) electrons. The quantitative estimate of drug-likeness (QED) is 0.704. The van der Waals surface area contributed by atoms with E-state index in [1.54, 1.807) is 0 Å². The average Bonchev–Trinajstić information content (AvgIpc) is 2.16. The molecule has 15 heavy (non-hydrogen) atoms. The van der Waals surface area contributed by atoms with E-state index >= 15 is 0 Å². The van der Waals surface area contributed by atoms with E-state index < -0.39 is 11.8 Å². The summed E-state index contributed by atoms with van der Waals surface area (Å²) in [5.41, 5.74) is 6.06. The first kappa shape index (κ1) is 11.2. The maximum Gasteiger partial charge on any atom is 0.307 e. The summed E-state index contributed by atoms with van der Waals surface area (Å²) in [6.07, 6.45) is -0.244. The van der Waals surface area contributed by atoms with Crippen LogP contribution in [-0.2, 0) is 11.2 Å². The fourth-order valence-corrected chi connectivity index (χ4v) is 1.14. The second-order valence-electron chi connectivity index (χ2n) is 2.88. The first-order valence-corrected chi connectivity index (χ1v) is 4.32. The lowest BCUT2D eigenvalue weighted by atomic mass is 10.0. The molecule has 0 unspecified atom stereocenters. The van der Waals surface area contributed by atoms with Gasteiger partial charge in [0.15, 0.2) is 0 Å². The molecule has 4 heteroatoms. The molecule has 0 fully saturated rings. The molecule has 0 aliphatic heterocycles. The molecular formula is C11H10FNO2. The number of carbonyl (C=O) groups is 1. The van der Waals surface area contributed by atoms with Gasteiger partial charge >= 0.3 is 5.97 Å². The third-order valence-electron chi connectivity index (χ3n) is 1.73. The summed E-state index contributed by atoms with van der Waals surface area (Å²) in [6.45, 7) is 0.184. The molecule has 1 aromatic rings. The zero-order valence-corrected chi connectivity index (χ0v) is 7.96. The highest BCUT2D eigenvalue weighted by Gasteiger charge is 2.06. The smallest absolute Gasteiger partial charge is 0.307 e. The van der Waals surface area contributed by atoms with E-state index in [1.165, 1.54) is 18.2 Å². The molecule has 0 aromatic heterocycles. The third-order valence-corrected chi connectivity index (χ3v) is 1.73. The minimum atomic E-state index is -1.02. The lowest BCUT2D eigenvalue weighted by molar-refractivity contribution is -0.136. The summed E-state index contributed by atoms with van der Waals surface area (Å²) in [7, 11) is 0. The van der Waals surface area contributed by atoms with Crippen LogP contribution < -0.4 is 5.73 Å². The van der Waals surface area contributed by atoms with Crippen LogP contribution in [0.5, 0.6) is 0 Å². The van der Waals surface area contributed by atoms with Gasteiger partial charge in [-0.3, -0.25) is 4.79 Å². The van der Waals surface area contributed by atoms with Crippen LogP contribution >= 0.6 is 0 Å². The highest BCUT2D eigenvalue weighted by Crippen LogP contribution is 2.11. The second kappa shape index (κ2) is 5.13. The Hall–Kier alpha value is -1.86. The van der Waals surface area contributed by atoms with Crippen molar-refractivity contribution in [2.75, 3.05) is 6.54 Å². The summed E-state index contributed by atoms with van der Waals surface area (Å²) >= 11 is 0. The summed E-state index contributed by atoms with van der Waals surface area (Å²) in [4.78, 5) is 10.5. The van der Waals surface area contributed by atoms with Crippen molar-refractivity contribution in [3.63, 3.8) is 0 Å². The van der Waals surface area contributed by atoms with Crippen LogP contribution in [0, 0.1) is 17.7 Å². The van der Waals surface area contributed by atoms with E-state index in [1.807, 2.05) is 0 Å². The molecule has 1 rings (SSSR count). The molecular weight excluding hydrogens is 197 g/mol. The molecule has 0 amide bonds. The fourth-order valence-electron chi connectivity index (χ4n) is 1.14. The van der Waals surface area contributed by atoms with Crippen molar-refractivity contribution in [3.8, 4) is 11.8 Å². The standard InChI is InChI=1S/C11H10FNO2/c12-10-4-3-8(2-1-5-13)9(6-10)7-11(14)15/h3-4,6H,5,7,13H2,(H,14,15). The van der Waals surface area contributed by atoms with Crippen molar-refractivity contribution in [1.82, 2.24) is 0 Å². The Morgan fingerprint density at radius 1 is 1.53 bits per heavy atom. The lowest BCUT2D eigenvalue weighted by Crippen LogP contribution is -2.03. The lowest BCUT2D eigenvalue weighted by Gasteiger charge is -2.01. The number of halogens is 1. The van der Waals surface area contributed by atoms with Crippen LogP contribution in [0.15, 0.2) is 18.2 Å². The first-order chi connectivity index (χ1) is 7.13. The minimum Gasteiger partial charge on any atom is -0.481 e. The van der Waals surface area contributed by atoms with Crippen molar-refractivity contribution in [2.45, 2.75) is 6.42 Å². The highest BCUT2D eigenvalue weighted by molar-refractivity contribution is 5.71. The van der Waals surface area contributed by atoms with Gasteiger partial charge in [-0.05, 0) is 23.8 Å². The van der Waals surface area contributed by atoms with Gasteiger partial charge in [-0.25, -0.2) is 4.39 Å². The number of hydrogen-bond donors (Lipinski definition) is 2. The van der Waals surface area contributed by atoms with Crippen LogP contribution in [0.3, 0.4) is 0 Å². The molecule has 0 bridgehead atoms. The summed E-state index contributed by atoms with van der Waals surface area (Å²) in [6, 6.07) is 3.87. The van der Waals surface area contributed by atoms with Crippen LogP contribution in [0.4, 0.5) is 4.39 Å². The average molecular weight is 207 g/mol. The molecule has 3 N–H and O–H groups in total. The molecule has 0 aliphatic rings. The number of carboxylic acids is 1. The molecule has 1 aromatic carbocycles. The van der Waals surface area contributed by atoms with Crippen LogP contribution in [0.25, 0.3) is 0 Å². The Kier molecular flexibility index (Phi) is 3.83. The molecule has 0 saturated heterocycles. The zero-order valence-electron chi connectivity index (χ0n) is 7.96. The van der Waals surface area contributed by atoms with Gasteiger partial charge in [-0.15, -0.1) is 0 Å². The molecule has 0 heterocycles. The Morgan fingerprint density at radius 2 is 2.27 bits per heavy atom. The van der Waals surface area contributed by atoms with Crippen molar-refractivity contribution in [2.24, 2.45) is 5.73 Å². The summed E-state index contributed by atoms with van der Waals surface area (Å²) < 4.78 is 12.9. The van der Waals surface area contributed by atoms with Crippen molar-refractivity contribution in [1.29, 1.82) is 0 Å². The molecule has 0 spiro atoms. The van der Waals surface area contributed by atoms with E-state index in [0.717, 1.165) is 0 Å². The van der Waals surface area contributed by atoms with Gasteiger partial charge in [-0.1, -0.05) is 11.8 Å². The first-order valence-electron chi connectivity index (χ1n) is 4.32. The van der Waals surface area contributed by atoms with Crippen molar-refractivity contribution < 1.29 is 14.3 Å². The SMILES string of the molecule is NCC#Cc1ccc(F)cc1CC(=O)O. The second-order valence-corrected chi connectivity index (χ2v) is 2.88. The van der Waals surface area contributed by atoms with Gasteiger partial charge < -0.3 is 10.8 Å². The van der Waals surface area contributed by atoms with Gasteiger partial charge in [0.05, 0.1) is 13.0 Å². The van der Waals surface area contributed by atoms with E-state index in [0.29, 0.717) is 11.1 Å². The predicted octanol–water partition coefficient (Wildman–Crippen LogP) is 0.763. The normalized spacial score (nSPS) is 9.20. The van der Waals surface area contributed by atoms with Crippen LogP contribution in [0.2, 0.25) is 0 Å². The Labute approximate surface area is 86.7 Å². The fraction of sp³-hybridized carbons (Fsp3) is 0.182. The van der Waals surface area contributed by atoms with Crippen LogP contribution in [-0.4, -0.2) is 17.6 Å². The van der Waals surface area contributed by atoms with Gasteiger partial charge in [-0.2, -0.15) is 0 Å². The van der Waals surface area contributed by atoms with E-state index in [4.69, 9.17) is 10.8 Å². The number of aliphatic carboxylic acids is 1. The van der Waals surface area contributed by atoms with Gasteiger partial charge in [0, 0.05) is 5.56 Å². The Morgan fingerprint density at radius 3 is 2.87 bits per heavy atom. The van der Waals surface area contributed by atoms with E-state index in [2.05, 4.69) is 11.8 Å². The number of carboxylic acid groups (broad SMARTS) is 1. The largest absolute Gasteiger partial charge is 0.481 e. The molecule has 78 valence electrons. The summed E-state index contributed by atoms with van der Waals surface area (Å²) in [5, 5.41) is 8.61. The maximum absolute atomic E-state index is 12.9. The predicted molar refractivity (Wildman–Crippen MR) is 53.7 cm³/mol. The maximum atomic E-state index is 12.9. The van der Waals surface area contributed by atoms with E-state index in [9.17, 15) is 9.18 Å². The van der Waals surface area contributed by atoms with Crippen LogP contribution in [0.1, 0.15) is 11.1 Å². The molecule has 3 nitrogen and oxygen atoms in total. The number of hydrogen-bond acceptors (Lipinski definition) is 2. The van der Waals surface area contributed by atoms with Gasteiger partial charge in [0.1, 0.15) is 5.82 Å². The number of nitrogens with two attached hydrogens (primary N) is 1. The monoisotopic (exact) mass is 207 g/mol. The highest BCUT2D eigenvalue weighted by atomic mass is 19.1. The van der Waals surface area contributed by atoms with E-state index in [-0.39, 0.29) is 13.0 Å². The van der Waals surface area contributed by atoms with Gasteiger partial charge in [0.25, 0.3) is 0 Å². The zero-order chi connectivity index (χ0) is 11.3. The van der Waals surface area contributed by atoms with Gasteiger partial charge in [0.2, 0.25) is 0 Å².